The maximum absolute atomic E-state index is 12.3. The van der Waals surface area contributed by atoms with E-state index in [1.165, 1.54) is 6.20 Å². The van der Waals surface area contributed by atoms with Gasteiger partial charge in [-0.3, -0.25) is 14.6 Å². The number of carbonyl (C=O) groups excluding carboxylic acids is 2. The van der Waals surface area contributed by atoms with Crippen LogP contribution in [-0.2, 0) is 9.53 Å². The molecule has 0 aliphatic carbocycles. The largest absolute Gasteiger partial charge is 0.466 e. The lowest BCUT2D eigenvalue weighted by Gasteiger charge is -2.31. The maximum atomic E-state index is 12.3. The quantitative estimate of drug-likeness (QED) is 0.776. The minimum Gasteiger partial charge on any atom is -0.466 e. The van der Waals surface area contributed by atoms with Crippen LogP contribution in [0.15, 0.2) is 12.4 Å². The van der Waals surface area contributed by atoms with Gasteiger partial charge in [-0.2, -0.15) is 0 Å². The van der Waals surface area contributed by atoms with Gasteiger partial charge in [0.15, 0.2) is 0 Å². The van der Waals surface area contributed by atoms with Gasteiger partial charge in [-0.1, -0.05) is 0 Å². The molecule has 0 radical (unpaired) electrons. The highest BCUT2D eigenvalue weighted by atomic mass is 16.5. The SMILES string of the molecule is CCOC(=O)C1CCCN(C(=O)c2cnc(C)cn2)C1. The molecule has 0 bridgehead atoms. The molecule has 1 fully saturated rings. The number of piperidine rings is 1. The van der Waals surface area contributed by atoms with E-state index in [4.69, 9.17) is 4.74 Å². The molecule has 6 nitrogen and oxygen atoms in total. The first-order valence-electron chi connectivity index (χ1n) is 6.86. The van der Waals surface area contributed by atoms with Crippen LogP contribution in [-0.4, -0.2) is 46.4 Å². The third-order valence-electron chi connectivity index (χ3n) is 3.33. The normalized spacial score (nSPS) is 18.7. The van der Waals surface area contributed by atoms with Crippen LogP contribution >= 0.6 is 0 Å². The van der Waals surface area contributed by atoms with Crippen molar-refractivity contribution in [1.82, 2.24) is 14.9 Å². The molecular weight excluding hydrogens is 258 g/mol. The van der Waals surface area contributed by atoms with Crippen LogP contribution in [0.1, 0.15) is 35.9 Å². The summed E-state index contributed by atoms with van der Waals surface area (Å²) >= 11 is 0. The zero-order chi connectivity index (χ0) is 14.5. The van der Waals surface area contributed by atoms with Crippen molar-refractivity contribution in [3.63, 3.8) is 0 Å². The molecule has 0 N–H and O–H groups in total. The number of rotatable bonds is 3. The standard InChI is InChI=1S/C14H19N3O3/c1-3-20-14(19)11-5-4-6-17(9-11)13(18)12-8-15-10(2)7-16-12/h7-8,11H,3-6,9H2,1-2H3. The second kappa shape index (κ2) is 6.45. The van der Waals surface area contributed by atoms with E-state index in [1.807, 2.05) is 6.92 Å². The van der Waals surface area contributed by atoms with Gasteiger partial charge in [-0.15, -0.1) is 0 Å². The predicted molar refractivity (Wildman–Crippen MR) is 72.0 cm³/mol. The van der Waals surface area contributed by atoms with Crippen LogP contribution in [0.2, 0.25) is 0 Å². The number of aromatic nitrogens is 2. The number of ether oxygens (including phenoxy) is 1. The fraction of sp³-hybridized carbons (Fsp3) is 0.571. The zero-order valence-corrected chi connectivity index (χ0v) is 11.8. The molecule has 108 valence electrons. The average molecular weight is 277 g/mol. The van der Waals surface area contributed by atoms with Crippen molar-refractivity contribution in [2.75, 3.05) is 19.7 Å². The first kappa shape index (κ1) is 14.4. The summed E-state index contributed by atoms with van der Waals surface area (Å²) in [5.74, 6) is -0.627. The van der Waals surface area contributed by atoms with Crippen molar-refractivity contribution in [3.8, 4) is 0 Å². The highest BCUT2D eigenvalue weighted by molar-refractivity contribution is 5.92. The smallest absolute Gasteiger partial charge is 0.310 e. The molecule has 1 aromatic heterocycles. The lowest BCUT2D eigenvalue weighted by molar-refractivity contribution is -0.149. The van der Waals surface area contributed by atoms with E-state index in [0.29, 0.717) is 25.4 Å². The van der Waals surface area contributed by atoms with Crippen molar-refractivity contribution in [2.45, 2.75) is 26.7 Å². The number of esters is 1. The van der Waals surface area contributed by atoms with Crippen molar-refractivity contribution in [2.24, 2.45) is 5.92 Å². The molecule has 1 amide bonds. The van der Waals surface area contributed by atoms with Crippen molar-refractivity contribution in [1.29, 1.82) is 0 Å². The second-order valence-electron chi connectivity index (χ2n) is 4.89. The molecule has 1 unspecified atom stereocenters. The van der Waals surface area contributed by atoms with Gasteiger partial charge < -0.3 is 9.64 Å². The van der Waals surface area contributed by atoms with Gasteiger partial charge >= 0.3 is 5.97 Å². The van der Waals surface area contributed by atoms with Gasteiger partial charge in [-0.25, -0.2) is 4.98 Å². The molecule has 20 heavy (non-hydrogen) atoms. The average Bonchev–Trinajstić information content (AvgIpc) is 2.48. The van der Waals surface area contributed by atoms with Gasteiger partial charge in [0.2, 0.25) is 0 Å². The highest BCUT2D eigenvalue weighted by Gasteiger charge is 2.30. The topological polar surface area (TPSA) is 72.4 Å². The lowest BCUT2D eigenvalue weighted by Crippen LogP contribution is -2.43. The molecule has 1 aliphatic heterocycles. The number of nitrogens with zero attached hydrogens (tertiary/aromatic N) is 3. The second-order valence-corrected chi connectivity index (χ2v) is 4.89. The van der Waals surface area contributed by atoms with Gasteiger partial charge in [0.25, 0.3) is 5.91 Å². The molecule has 1 saturated heterocycles. The summed E-state index contributed by atoms with van der Waals surface area (Å²) in [4.78, 5) is 33.9. The minimum atomic E-state index is -0.231. The molecule has 1 aromatic rings. The van der Waals surface area contributed by atoms with E-state index >= 15 is 0 Å². The summed E-state index contributed by atoms with van der Waals surface area (Å²) in [6.45, 7) is 5.01. The Labute approximate surface area is 118 Å². The molecule has 2 heterocycles. The number of hydrogen-bond acceptors (Lipinski definition) is 5. The number of aryl methyl sites for hydroxylation is 1. The molecule has 1 atom stereocenters. The molecule has 6 heteroatoms. The van der Waals surface area contributed by atoms with Crippen LogP contribution in [0, 0.1) is 12.8 Å². The third-order valence-corrected chi connectivity index (χ3v) is 3.33. The Morgan fingerprint density at radius 2 is 2.20 bits per heavy atom. The fourth-order valence-electron chi connectivity index (χ4n) is 2.28. The number of amides is 1. The van der Waals surface area contributed by atoms with E-state index in [1.54, 1.807) is 18.0 Å². The summed E-state index contributed by atoms with van der Waals surface area (Å²) in [5.41, 5.74) is 1.09. The Kier molecular flexibility index (Phi) is 4.65. The van der Waals surface area contributed by atoms with Crippen molar-refractivity contribution < 1.29 is 14.3 Å². The minimum absolute atomic E-state index is 0.175. The van der Waals surface area contributed by atoms with E-state index in [-0.39, 0.29) is 17.8 Å². The molecule has 2 rings (SSSR count). The van der Waals surface area contributed by atoms with Crippen molar-refractivity contribution in [3.05, 3.63) is 23.8 Å². The zero-order valence-electron chi connectivity index (χ0n) is 11.8. The van der Waals surface area contributed by atoms with E-state index in [0.717, 1.165) is 18.5 Å². The number of likely N-dealkylation sites (tertiary alicyclic amines) is 1. The molecule has 0 spiro atoms. The summed E-state index contributed by atoms with van der Waals surface area (Å²) in [6, 6.07) is 0. The molecule has 0 aromatic carbocycles. The predicted octanol–water partition coefficient (Wildman–Crippen LogP) is 1.20. The molecular formula is C14H19N3O3. The Morgan fingerprint density at radius 1 is 1.40 bits per heavy atom. The monoisotopic (exact) mass is 277 g/mol. The fourth-order valence-corrected chi connectivity index (χ4v) is 2.28. The molecule has 1 aliphatic rings. The summed E-state index contributed by atoms with van der Waals surface area (Å²) < 4.78 is 5.03. The van der Waals surface area contributed by atoms with Crippen LogP contribution in [0.25, 0.3) is 0 Å². The van der Waals surface area contributed by atoms with Gasteiger partial charge in [-0.05, 0) is 26.7 Å². The van der Waals surface area contributed by atoms with Gasteiger partial charge in [0.05, 0.1) is 24.4 Å². The number of carbonyl (C=O) groups is 2. The van der Waals surface area contributed by atoms with Crippen LogP contribution in [0.3, 0.4) is 0 Å². The Hall–Kier alpha value is -1.98. The highest BCUT2D eigenvalue weighted by Crippen LogP contribution is 2.19. The Balaban J connectivity index is 2.03. The van der Waals surface area contributed by atoms with Gasteiger partial charge in [0, 0.05) is 19.3 Å². The number of hydrogen-bond donors (Lipinski definition) is 0. The first-order chi connectivity index (χ1) is 9.61. The lowest BCUT2D eigenvalue weighted by atomic mass is 9.98. The third kappa shape index (κ3) is 3.31. The Morgan fingerprint density at radius 3 is 2.85 bits per heavy atom. The van der Waals surface area contributed by atoms with Crippen LogP contribution < -0.4 is 0 Å². The summed E-state index contributed by atoms with van der Waals surface area (Å²) in [6.07, 6.45) is 4.61. The van der Waals surface area contributed by atoms with Crippen molar-refractivity contribution >= 4 is 11.9 Å². The van der Waals surface area contributed by atoms with Crippen LogP contribution in [0.5, 0.6) is 0 Å². The maximum Gasteiger partial charge on any atom is 0.310 e. The van der Waals surface area contributed by atoms with Gasteiger partial charge in [0.1, 0.15) is 5.69 Å². The van der Waals surface area contributed by atoms with Crippen LogP contribution in [0.4, 0.5) is 0 Å². The van der Waals surface area contributed by atoms with E-state index < -0.39 is 0 Å². The Bertz CT molecular complexity index is 487. The van der Waals surface area contributed by atoms with E-state index in [9.17, 15) is 9.59 Å². The van der Waals surface area contributed by atoms with E-state index in [2.05, 4.69) is 9.97 Å². The molecule has 0 saturated carbocycles. The first-order valence-corrected chi connectivity index (χ1v) is 6.86. The summed E-state index contributed by atoms with van der Waals surface area (Å²) in [7, 11) is 0. The summed E-state index contributed by atoms with van der Waals surface area (Å²) in [5, 5.41) is 0.